The molecule has 3 N–H and O–H groups in total. The fourth-order valence-electron chi connectivity index (χ4n) is 3.42. The van der Waals surface area contributed by atoms with Crippen LogP contribution in [0, 0.1) is 5.41 Å². The Kier molecular flexibility index (Phi) is 5.13. The topological polar surface area (TPSA) is 80.5 Å². The van der Waals surface area contributed by atoms with E-state index in [9.17, 15) is 4.79 Å². The number of aromatic nitrogens is 1. The molecule has 2 saturated heterocycles. The average molecular weight is 318 g/mol. The van der Waals surface area contributed by atoms with Gasteiger partial charge in [0.05, 0.1) is 5.41 Å². The van der Waals surface area contributed by atoms with Crippen LogP contribution in [0.3, 0.4) is 0 Å². The first-order valence-corrected chi connectivity index (χ1v) is 8.48. The molecule has 0 spiro atoms. The first-order valence-electron chi connectivity index (χ1n) is 8.48. The van der Waals surface area contributed by atoms with Crippen LogP contribution in [0.15, 0.2) is 24.4 Å². The third-order valence-electron chi connectivity index (χ3n) is 5.13. The van der Waals surface area contributed by atoms with Gasteiger partial charge in [0.25, 0.3) is 0 Å². The van der Waals surface area contributed by atoms with Crippen LogP contribution in [0.1, 0.15) is 25.7 Å². The number of amides is 1. The molecule has 1 aromatic rings. The van der Waals surface area contributed by atoms with E-state index in [1.165, 1.54) is 0 Å². The summed E-state index contributed by atoms with van der Waals surface area (Å²) < 4.78 is 5.38. The SMILES string of the molecule is NCC1(C(=O)NC2CCN(c3ccccn3)CC2)CCOCC1. The second-order valence-electron chi connectivity index (χ2n) is 6.52. The minimum absolute atomic E-state index is 0.111. The summed E-state index contributed by atoms with van der Waals surface area (Å²) in [4.78, 5) is 19.4. The Morgan fingerprint density at radius 1 is 1.35 bits per heavy atom. The summed E-state index contributed by atoms with van der Waals surface area (Å²) in [6.45, 7) is 3.49. The van der Waals surface area contributed by atoms with Gasteiger partial charge in [-0.05, 0) is 37.8 Å². The molecular formula is C17H26N4O2. The van der Waals surface area contributed by atoms with Crippen LogP contribution in [0.4, 0.5) is 5.82 Å². The van der Waals surface area contributed by atoms with Crippen molar-refractivity contribution in [2.24, 2.45) is 11.1 Å². The summed E-state index contributed by atoms with van der Waals surface area (Å²) in [5, 5.41) is 3.23. The molecule has 0 aliphatic carbocycles. The van der Waals surface area contributed by atoms with E-state index < -0.39 is 5.41 Å². The Hall–Kier alpha value is -1.66. The zero-order valence-electron chi connectivity index (χ0n) is 13.5. The van der Waals surface area contributed by atoms with Gasteiger partial charge < -0.3 is 20.7 Å². The number of nitrogens with zero attached hydrogens (tertiary/aromatic N) is 2. The van der Waals surface area contributed by atoms with Gasteiger partial charge in [0.1, 0.15) is 5.82 Å². The number of pyridine rings is 1. The molecule has 1 amide bonds. The third-order valence-corrected chi connectivity index (χ3v) is 5.13. The van der Waals surface area contributed by atoms with Crippen molar-refractivity contribution in [3.8, 4) is 0 Å². The Bertz CT molecular complexity index is 509. The van der Waals surface area contributed by atoms with Crippen molar-refractivity contribution in [2.75, 3.05) is 37.7 Å². The fourth-order valence-corrected chi connectivity index (χ4v) is 3.42. The predicted molar refractivity (Wildman–Crippen MR) is 89.2 cm³/mol. The number of hydrogen-bond donors (Lipinski definition) is 2. The molecule has 0 unspecified atom stereocenters. The third kappa shape index (κ3) is 3.64. The summed E-state index contributed by atoms with van der Waals surface area (Å²) in [5.74, 6) is 1.12. The number of nitrogens with two attached hydrogens (primary N) is 1. The van der Waals surface area contributed by atoms with E-state index in [0.29, 0.717) is 19.8 Å². The Morgan fingerprint density at radius 3 is 2.70 bits per heavy atom. The van der Waals surface area contributed by atoms with Crippen LogP contribution in [-0.4, -0.2) is 49.8 Å². The van der Waals surface area contributed by atoms with E-state index in [2.05, 4.69) is 15.2 Å². The molecule has 0 aromatic carbocycles. The van der Waals surface area contributed by atoms with Gasteiger partial charge in [-0.2, -0.15) is 0 Å². The number of piperidine rings is 1. The summed E-state index contributed by atoms with van der Waals surface area (Å²) >= 11 is 0. The zero-order valence-corrected chi connectivity index (χ0v) is 13.5. The van der Waals surface area contributed by atoms with Gasteiger partial charge in [-0.1, -0.05) is 6.07 Å². The first-order chi connectivity index (χ1) is 11.2. The van der Waals surface area contributed by atoms with Crippen molar-refractivity contribution in [2.45, 2.75) is 31.7 Å². The Labute approximate surface area is 137 Å². The largest absolute Gasteiger partial charge is 0.381 e. The number of hydrogen-bond acceptors (Lipinski definition) is 5. The minimum atomic E-state index is -0.434. The molecule has 3 heterocycles. The van der Waals surface area contributed by atoms with Gasteiger partial charge in [-0.3, -0.25) is 4.79 Å². The van der Waals surface area contributed by atoms with E-state index >= 15 is 0 Å². The molecule has 1 aromatic heterocycles. The summed E-state index contributed by atoms with van der Waals surface area (Å²) in [6, 6.07) is 6.20. The van der Waals surface area contributed by atoms with Crippen LogP contribution in [0.25, 0.3) is 0 Å². The fraction of sp³-hybridized carbons (Fsp3) is 0.647. The van der Waals surface area contributed by atoms with Gasteiger partial charge in [0, 0.05) is 45.1 Å². The average Bonchev–Trinajstić information content (AvgIpc) is 2.63. The summed E-state index contributed by atoms with van der Waals surface area (Å²) in [7, 11) is 0. The number of rotatable bonds is 4. The Morgan fingerprint density at radius 2 is 2.09 bits per heavy atom. The van der Waals surface area contributed by atoms with Crippen LogP contribution < -0.4 is 16.0 Å². The highest BCUT2D eigenvalue weighted by Crippen LogP contribution is 2.30. The number of ether oxygens (including phenoxy) is 1. The van der Waals surface area contributed by atoms with Crippen molar-refractivity contribution in [1.29, 1.82) is 0 Å². The highest BCUT2D eigenvalue weighted by molar-refractivity contribution is 5.83. The molecular weight excluding hydrogens is 292 g/mol. The molecule has 6 heteroatoms. The molecule has 2 aliphatic heterocycles. The van der Waals surface area contributed by atoms with Crippen LogP contribution >= 0.6 is 0 Å². The van der Waals surface area contributed by atoms with E-state index in [4.69, 9.17) is 10.5 Å². The van der Waals surface area contributed by atoms with Crippen molar-refractivity contribution < 1.29 is 9.53 Å². The molecule has 3 rings (SSSR count). The number of carbonyl (C=O) groups is 1. The molecule has 126 valence electrons. The number of anilines is 1. The van der Waals surface area contributed by atoms with E-state index in [0.717, 1.165) is 44.6 Å². The molecule has 23 heavy (non-hydrogen) atoms. The van der Waals surface area contributed by atoms with Crippen LogP contribution in [0.5, 0.6) is 0 Å². The normalized spacial score (nSPS) is 21.9. The lowest BCUT2D eigenvalue weighted by Crippen LogP contribution is -2.53. The van der Waals surface area contributed by atoms with Gasteiger partial charge >= 0.3 is 0 Å². The van der Waals surface area contributed by atoms with Gasteiger partial charge in [0.15, 0.2) is 0 Å². The molecule has 0 radical (unpaired) electrons. The van der Waals surface area contributed by atoms with Crippen LogP contribution in [-0.2, 0) is 9.53 Å². The molecule has 2 fully saturated rings. The highest BCUT2D eigenvalue weighted by Gasteiger charge is 2.39. The van der Waals surface area contributed by atoms with E-state index in [1.54, 1.807) is 0 Å². The van der Waals surface area contributed by atoms with Crippen molar-refractivity contribution in [1.82, 2.24) is 10.3 Å². The first kappa shape index (κ1) is 16.2. The van der Waals surface area contributed by atoms with Crippen molar-refractivity contribution in [3.63, 3.8) is 0 Å². The van der Waals surface area contributed by atoms with E-state index in [1.807, 2.05) is 24.4 Å². The van der Waals surface area contributed by atoms with Gasteiger partial charge in [0.2, 0.25) is 5.91 Å². The smallest absolute Gasteiger partial charge is 0.227 e. The van der Waals surface area contributed by atoms with Gasteiger partial charge in [-0.25, -0.2) is 4.98 Å². The van der Waals surface area contributed by atoms with Crippen molar-refractivity contribution >= 4 is 11.7 Å². The van der Waals surface area contributed by atoms with E-state index in [-0.39, 0.29) is 11.9 Å². The van der Waals surface area contributed by atoms with Gasteiger partial charge in [-0.15, -0.1) is 0 Å². The van der Waals surface area contributed by atoms with Crippen LogP contribution in [0.2, 0.25) is 0 Å². The second kappa shape index (κ2) is 7.27. The lowest BCUT2D eigenvalue weighted by Gasteiger charge is -2.38. The standard InChI is InChI=1S/C17H26N4O2/c18-13-17(6-11-23-12-7-17)16(22)20-14-4-9-21(10-5-14)15-3-1-2-8-19-15/h1-3,8,14H,4-7,9-13,18H2,(H,20,22). The number of nitrogens with one attached hydrogen (secondary N) is 1. The molecule has 6 nitrogen and oxygen atoms in total. The molecule has 2 aliphatic rings. The maximum Gasteiger partial charge on any atom is 0.227 e. The maximum absolute atomic E-state index is 12.7. The maximum atomic E-state index is 12.7. The highest BCUT2D eigenvalue weighted by atomic mass is 16.5. The minimum Gasteiger partial charge on any atom is -0.381 e. The predicted octanol–water partition coefficient (Wildman–Crippen LogP) is 0.922. The molecule has 0 saturated carbocycles. The Balaban J connectivity index is 1.53. The summed E-state index contributed by atoms with van der Waals surface area (Å²) in [6.07, 6.45) is 5.16. The molecule has 0 bridgehead atoms. The summed E-state index contributed by atoms with van der Waals surface area (Å²) in [5.41, 5.74) is 5.48. The molecule has 0 atom stereocenters. The van der Waals surface area contributed by atoms with Crippen molar-refractivity contribution in [3.05, 3.63) is 24.4 Å². The second-order valence-corrected chi connectivity index (χ2v) is 6.52. The monoisotopic (exact) mass is 318 g/mol. The number of carbonyl (C=O) groups excluding carboxylic acids is 1. The lowest BCUT2D eigenvalue weighted by atomic mass is 9.79. The lowest BCUT2D eigenvalue weighted by molar-refractivity contribution is -0.136. The zero-order chi connectivity index (χ0) is 16.1. The quantitative estimate of drug-likeness (QED) is 0.863.